The van der Waals surface area contributed by atoms with Gasteiger partial charge in [0, 0.05) is 18.2 Å². The lowest BCUT2D eigenvalue weighted by molar-refractivity contribution is 0.250. The normalized spacial score (nSPS) is 17.6. The summed E-state index contributed by atoms with van der Waals surface area (Å²) in [5.74, 6) is 1.35. The van der Waals surface area contributed by atoms with Crippen molar-refractivity contribution >= 4 is 11.8 Å². The van der Waals surface area contributed by atoms with E-state index in [0.29, 0.717) is 17.6 Å². The van der Waals surface area contributed by atoms with Gasteiger partial charge in [0.25, 0.3) is 0 Å². The van der Waals surface area contributed by atoms with Gasteiger partial charge < -0.3 is 4.74 Å². The molecule has 0 unspecified atom stereocenters. The minimum Gasteiger partial charge on any atom is -0.472 e. The lowest BCUT2D eigenvalue weighted by Gasteiger charge is -2.18. The molecular weight excluding hydrogens is 288 g/mol. The third-order valence-electron chi connectivity index (χ3n) is 3.51. The van der Waals surface area contributed by atoms with Crippen molar-refractivity contribution in [1.82, 2.24) is 36.7 Å². The van der Waals surface area contributed by atoms with E-state index in [1.807, 2.05) is 0 Å². The third kappa shape index (κ3) is 2.34. The highest BCUT2D eigenvalue weighted by Gasteiger charge is 2.33. The monoisotopic (exact) mass is 302 g/mol. The number of H-pyrrole nitrogens is 1. The van der Waals surface area contributed by atoms with Crippen molar-refractivity contribution in [3.05, 3.63) is 29.8 Å². The number of carbonyl (C=O) groups excluding carboxylic acids is 1. The second-order valence-corrected chi connectivity index (χ2v) is 5.04. The second-order valence-electron chi connectivity index (χ2n) is 5.04. The lowest BCUT2D eigenvalue weighted by Crippen LogP contribution is -2.39. The van der Waals surface area contributed by atoms with Crippen LogP contribution in [0.3, 0.4) is 0 Å². The molecule has 1 aliphatic heterocycles. The Morgan fingerprint density at radius 3 is 2.95 bits per heavy atom. The van der Waals surface area contributed by atoms with Crippen molar-refractivity contribution < 1.29 is 9.53 Å². The molecule has 0 bridgehead atoms. The quantitative estimate of drug-likeness (QED) is 0.618. The smallest absolute Gasteiger partial charge is 0.354 e. The standard InChI is InChI=1S/C12H14N8O2/c21-12-17-18-19-20(12)11-8(5-22-9-3-4-15-16-9)10(7-1-2-7)13-6-14-11/h3-4,6-7,18-19H,1-2,5H2,(H,15,16)(H,17,21). The van der Waals surface area contributed by atoms with E-state index in [2.05, 4.69) is 36.7 Å². The third-order valence-corrected chi connectivity index (χ3v) is 3.51. The zero-order valence-corrected chi connectivity index (χ0v) is 11.5. The summed E-state index contributed by atoms with van der Waals surface area (Å²) < 4.78 is 5.66. The van der Waals surface area contributed by atoms with Crippen LogP contribution in [0, 0.1) is 0 Å². The maximum atomic E-state index is 11.8. The predicted molar refractivity (Wildman–Crippen MR) is 74.2 cm³/mol. The van der Waals surface area contributed by atoms with Crippen molar-refractivity contribution in [2.24, 2.45) is 0 Å². The molecule has 0 radical (unpaired) electrons. The number of anilines is 1. The molecule has 4 rings (SSSR count). The van der Waals surface area contributed by atoms with Gasteiger partial charge in [0.05, 0.1) is 11.3 Å². The van der Waals surface area contributed by atoms with Crippen molar-refractivity contribution in [2.45, 2.75) is 25.4 Å². The van der Waals surface area contributed by atoms with Gasteiger partial charge in [-0.3, -0.25) is 10.5 Å². The molecule has 3 heterocycles. The summed E-state index contributed by atoms with van der Waals surface area (Å²) in [6.45, 7) is 0.234. The SMILES string of the molecule is O=C1NNNN1c1ncnc(C2CC2)c1COc1cc[nH]n1. The Morgan fingerprint density at radius 2 is 2.27 bits per heavy atom. The summed E-state index contributed by atoms with van der Waals surface area (Å²) in [5.41, 5.74) is 9.37. The Labute approximate surface area is 125 Å². The van der Waals surface area contributed by atoms with Gasteiger partial charge in [-0.2, -0.15) is 5.01 Å². The fraction of sp³-hybridized carbons (Fsp3) is 0.333. The molecule has 1 aliphatic carbocycles. The Balaban J connectivity index is 1.67. The minimum absolute atomic E-state index is 0.234. The lowest BCUT2D eigenvalue weighted by atomic mass is 10.1. The number of rotatable bonds is 5. The molecule has 22 heavy (non-hydrogen) atoms. The summed E-state index contributed by atoms with van der Waals surface area (Å²) in [6, 6.07) is 1.38. The number of hydrogen-bond donors (Lipinski definition) is 4. The van der Waals surface area contributed by atoms with Gasteiger partial charge in [0.1, 0.15) is 12.9 Å². The maximum Gasteiger partial charge on any atom is 0.354 e. The van der Waals surface area contributed by atoms with E-state index < -0.39 is 0 Å². The van der Waals surface area contributed by atoms with E-state index >= 15 is 0 Å². The van der Waals surface area contributed by atoms with Crippen LogP contribution in [0.15, 0.2) is 18.6 Å². The topological polar surface area (TPSA) is 120 Å². The van der Waals surface area contributed by atoms with Crippen LogP contribution in [0.2, 0.25) is 0 Å². The molecule has 0 spiro atoms. The molecule has 10 heteroatoms. The molecule has 1 saturated heterocycles. The molecule has 2 aromatic heterocycles. The molecule has 4 N–H and O–H groups in total. The number of nitrogens with zero attached hydrogens (tertiary/aromatic N) is 4. The van der Waals surface area contributed by atoms with Crippen LogP contribution in [0.25, 0.3) is 0 Å². The first-order valence-electron chi connectivity index (χ1n) is 6.90. The molecule has 0 aromatic carbocycles. The summed E-state index contributed by atoms with van der Waals surface area (Å²) in [7, 11) is 0. The zero-order valence-electron chi connectivity index (χ0n) is 11.5. The molecule has 2 aromatic rings. The number of amides is 2. The fourth-order valence-corrected chi connectivity index (χ4v) is 2.32. The largest absolute Gasteiger partial charge is 0.472 e. The second kappa shape index (κ2) is 5.24. The maximum absolute atomic E-state index is 11.8. The predicted octanol–water partition coefficient (Wildman–Crippen LogP) is 0.110. The number of hydrogen-bond acceptors (Lipinski definition) is 7. The van der Waals surface area contributed by atoms with E-state index in [1.54, 1.807) is 12.3 Å². The van der Waals surface area contributed by atoms with Crippen LogP contribution in [0.5, 0.6) is 5.88 Å². The summed E-state index contributed by atoms with van der Waals surface area (Å²) >= 11 is 0. The molecule has 2 aliphatic rings. The van der Waals surface area contributed by atoms with E-state index in [9.17, 15) is 4.79 Å². The highest BCUT2D eigenvalue weighted by molar-refractivity contribution is 5.91. The number of nitrogens with one attached hydrogen (secondary N) is 4. The fourth-order valence-electron chi connectivity index (χ4n) is 2.32. The first kappa shape index (κ1) is 13.0. The van der Waals surface area contributed by atoms with Gasteiger partial charge >= 0.3 is 6.03 Å². The zero-order chi connectivity index (χ0) is 14.9. The number of ether oxygens (including phenoxy) is 1. The first-order chi connectivity index (χ1) is 10.8. The summed E-state index contributed by atoms with van der Waals surface area (Å²) in [6.07, 6.45) is 5.32. The van der Waals surface area contributed by atoms with Gasteiger partial charge in [0.2, 0.25) is 5.88 Å². The Kier molecular flexibility index (Phi) is 3.09. The Morgan fingerprint density at radius 1 is 1.36 bits per heavy atom. The van der Waals surface area contributed by atoms with Gasteiger partial charge in [-0.05, 0) is 12.8 Å². The highest BCUT2D eigenvalue weighted by atomic mass is 16.5. The molecule has 2 fully saturated rings. The number of carbonyl (C=O) groups is 1. The van der Waals surface area contributed by atoms with Gasteiger partial charge in [-0.15, -0.1) is 16.2 Å². The summed E-state index contributed by atoms with van der Waals surface area (Å²) in [4.78, 5) is 20.4. The number of hydrazine groups is 3. The van der Waals surface area contributed by atoms with Crippen LogP contribution in [0.4, 0.5) is 10.6 Å². The van der Waals surface area contributed by atoms with Crippen molar-refractivity contribution in [3.63, 3.8) is 0 Å². The Hall–Kier alpha value is -2.72. The van der Waals surface area contributed by atoms with Gasteiger partial charge in [-0.25, -0.2) is 14.8 Å². The van der Waals surface area contributed by atoms with E-state index in [4.69, 9.17) is 4.74 Å². The number of aromatic nitrogens is 4. The molecule has 2 amide bonds. The number of aromatic amines is 1. The minimum atomic E-state index is -0.346. The Bertz CT molecular complexity index is 684. The van der Waals surface area contributed by atoms with Crippen LogP contribution < -0.4 is 26.2 Å². The van der Waals surface area contributed by atoms with Crippen LogP contribution in [0.1, 0.15) is 30.0 Å². The van der Waals surface area contributed by atoms with Crippen molar-refractivity contribution in [2.75, 3.05) is 5.01 Å². The van der Waals surface area contributed by atoms with Crippen molar-refractivity contribution in [3.8, 4) is 5.88 Å². The van der Waals surface area contributed by atoms with Crippen LogP contribution >= 0.6 is 0 Å². The molecule has 114 valence electrons. The average Bonchev–Trinajstić information content (AvgIpc) is 3.07. The number of urea groups is 1. The van der Waals surface area contributed by atoms with Crippen LogP contribution in [-0.2, 0) is 6.61 Å². The van der Waals surface area contributed by atoms with Gasteiger partial charge in [-0.1, -0.05) is 0 Å². The highest BCUT2D eigenvalue weighted by Crippen LogP contribution is 2.42. The van der Waals surface area contributed by atoms with Crippen LogP contribution in [-0.4, -0.2) is 26.2 Å². The van der Waals surface area contributed by atoms with Crippen molar-refractivity contribution in [1.29, 1.82) is 0 Å². The molecular formula is C12H14N8O2. The molecule has 10 nitrogen and oxygen atoms in total. The van der Waals surface area contributed by atoms with E-state index in [-0.39, 0.29) is 12.6 Å². The molecule has 0 atom stereocenters. The first-order valence-corrected chi connectivity index (χ1v) is 6.90. The van der Waals surface area contributed by atoms with Gasteiger partial charge in [0.15, 0.2) is 5.82 Å². The molecule has 1 saturated carbocycles. The van der Waals surface area contributed by atoms with E-state index in [0.717, 1.165) is 24.1 Å². The summed E-state index contributed by atoms with van der Waals surface area (Å²) in [5, 5.41) is 7.93. The average molecular weight is 302 g/mol. The van der Waals surface area contributed by atoms with E-state index in [1.165, 1.54) is 11.3 Å².